The molecule has 0 bridgehead atoms. The molecular weight excluding hydrogens is 224 g/mol. The zero-order chi connectivity index (χ0) is 12.4. The van der Waals surface area contributed by atoms with Crippen molar-refractivity contribution in [1.82, 2.24) is 5.32 Å². The Kier molecular flexibility index (Phi) is 10.0. The lowest BCUT2D eigenvalue weighted by atomic mass is 10.3. The molecule has 0 fully saturated rings. The van der Waals surface area contributed by atoms with Gasteiger partial charge in [0.1, 0.15) is 6.54 Å². The number of hydrogen-bond donors (Lipinski definition) is 5. The van der Waals surface area contributed by atoms with Crippen LogP contribution in [0.3, 0.4) is 0 Å². The second-order valence-corrected chi connectivity index (χ2v) is 2.78. The van der Waals surface area contributed by atoms with E-state index in [2.05, 4.69) is 17.9 Å². The van der Waals surface area contributed by atoms with Crippen LogP contribution >= 0.6 is 12.6 Å². The van der Waals surface area contributed by atoms with E-state index in [1.807, 2.05) is 0 Å². The number of carboxylic acid groups (broad SMARTS) is 2. The molecule has 0 saturated heterocycles. The van der Waals surface area contributed by atoms with E-state index in [1.165, 1.54) is 0 Å². The number of carboxylic acids is 2. The summed E-state index contributed by atoms with van der Waals surface area (Å²) in [5, 5.41) is 17.7. The molecule has 0 aliphatic carbocycles. The number of rotatable bonds is 4. The van der Waals surface area contributed by atoms with Crippen LogP contribution < -0.4 is 11.1 Å². The largest absolute Gasteiger partial charge is 0.481 e. The van der Waals surface area contributed by atoms with Crippen molar-refractivity contribution in [2.45, 2.75) is 13.0 Å². The maximum Gasteiger partial charge on any atom is 0.322 e. The molecule has 0 heterocycles. The Morgan fingerprint density at radius 3 is 2.07 bits per heavy atom. The van der Waals surface area contributed by atoms with Gasteiger partial charge in [-0.15, -0.1) is 0 Å². The number of hydrogen-bond acceptors (Lipinski definition) is 5. The van der Waals surface area contributed by atoms with Crippen LogP contribution in [0.5, 0.6) is 0 Å². The lowest BCUT2D eigenvalue weighted by Crippen LogP contribution is -2.43. The summed E-state index contributed by atoms with van der Waals surface area (Å²) < 4.78 is 0. The van der Waals surface area contributed by atoms with Crippen molar-refractivity contribution >= 4 is 30.5 Å². The van der Waals surface area contributed by atoms with Crippen molar-refractivity contribution in [3.63, 3.8) is 0 Å². The van der Waals surface area contributed by atoms with Gasteiger partial charge in [0.15, 0.2) is 0 Å². The Bertz CT molecular complexity index is 229. The van der Waals surface area contributed by atoms with Crippen LogP contribution in [0, 0.1) is 0 Å². The summed E-state index contributed by atoms with van der Waals surface area (Å²) in [6.07, 6.45) is 0. The molecule has 0 radical (unpaired) electrons. The first-order valence-electron chi connectivity index (χ1n) is 3.86. The standard InChI is InChI=1S/C5H10N2O3S.C2H4O2/c6-3(2-11)5(10)7-1-4(8)9;1-2(3)4/h3,11H,1-2,6H2,(H,7,10)(H,8,9);1H3,(H,3,4)/t3-;/m0./s1. The van der Waals surface area contributed by atoms with E-state index in [4.69, 9.17) is 20.7 Å². The summed E-state index contributed by atoms with van der Waals surface area (Å²) >= 11 is 3.77. The van der Waals surface area contributed by atoms with Gasteiger partial charge in [-0.2, -0.15) is 12.6 Å². The highest BCUT2D eigenvalue weighted by Crippen LogP contribution is 1.82. The van der Waals surface area contributed by atoms with E-state index < -0.39 is 30.4 Å². The van der Waals surface area contributed by atoms with Gasteiger partial charge in [-0.05, 0) is 0 Å². The van der Waals surface area contributed by atoms with Gasteiger partial charge in [-0.3, -0.25) is 14.4 Å². The monoisotopic (exact) mass is 238 g/mol. The number of nitrogens with two attached hydrogens (primary N) is 1. The lowest BCUT2D eigenvalue weighted by molar-refractivity contribution is -0.138. The molecule has 0 aromatic rings. The first-order valence-corrected chi connectivity index (χ1v) is 4.50. The summed E-state index contributed by atoms with van der Waals surface area (Å²) in [6.45, 7) is 0.681. The average Bonchev–Trinajstić information content (AvgIpc) is 2.11. The summed E-state index contributed by atoms with van der Waals surface area (Å²) in [5.41, 5.74) is 5.22. The molecule has 0 spiro atoms. The lowest BCUT2D eigenvalue weighted by Gasteiger charge is -2.06. The maximum absolute atomic E-state index is 10.7. The predicted octanol–water partition coefficient (Wildman–Crippen LogP) is -1.46. The van der Waals surface area contributed by atoms with Crippen molar-refractivity contribution in [3.05, 3.63) is 0 Å². The molecule has 0 aliphatic rings. The van der Waals surface area contributed by atoms with Gasteiger partial charge in [0.25, 0.3) is 5.97 Å². The molecular formula is C7H14N2O5S. The fourth-order valence-electron chi connectivity index (χ4n) is 0.377. The van der Waals surface area contributed by atoms with Crippen LogP contribution in [0.2, 0.25) is 0 Å². The number of nitrogens with one attached hydrogen (secondary N) is 1. The molecule has 0 aromatic carbocycles. The molecule has 15 heavy (non-hydrogen) atoms. The molecule has 0 aromatic heterocycles. The van der Waals surface area contributed by atoms with E-state index in [0.29, 0.717) is 0 Å². The van der Waals surface area contributed by atoms with Crippen LogP contribution in [-0.4, -0.2) is 46.4 Å². The van der Waals surface area contributed by atoms with E-state index in [-0.39, 0.29) is 5.75 Å². The van der Waals surface area contributed by atoms with Crippen LogP contribution in [0.25, 0.3) is 0 Å². The van der Waals surface area contributed by atoms with Crippen LogP contribution in [0.15, 0.2) is 0 Å². The zero-order valence-electron chi connectivity index (χ0n) is 8.14. The maximum atomic E-state index is 10.7. The van der Waals surface area contributed by atoms with E-state index >= 15 is 0 Å². The molecule has 1 amide bonds. The Labute approximate surface area is 92.1 Å². The fraction of sp³-hybridized carbons (Fsp3) is 0.571. The van der Waals surface area contributed by atoms with Crippen LogP contribution in [-0.2, 0) is 14.4 Å². The summed E-state index contributed by atoms with van der Waals surface area (Å²) in [7, 11) is 0. The quantitative estimate of drug-likeness (QED) is 0.380. The highest BCUT2D eigenvalue weighted by Gasteiger charge is 2.11. The molecule has 88 valence electrons. The number of amides is 1. The average molecular weight is 238 g/mol. The minimum absolute atomic E-state index is 0.200. The molecule has 1 atom stereocenters. The van der Waals surface area contributed by atoms with Gasteiger partial charge >= 0.3 is 5.97 Å². The van der Waals surface area contributed by atoms with Gasteiger partial charge in [-0.25, -0.2) is 0 Å². The second kappa shape index (κ2) is 9.28. The van der Waals surface area contributed by atoms with E-state index in [1.54, 1.807) is 0 Å². The van der Waals surface area contributed by atoms with Crippen molar-refractivity contribution < 1.29 is 24.6 Å². The van der Waals surface area contributed by atoms with Crippen molar-refractivity contribution in [2.75, 3.05) is 12.3 Å². The highest BCUT2D eigenvalue weighted by atomic mass is 32.1. The fourth-order valence-corrected chi connectivity index (χ4v) is 0.543. The summed E-state index contributed by atoms with van der Waals surface area (Å²) in [4.78, 5) is 29.7. The van der Waals surface area contributed by atoms with Gasteiger partial charge in [0, 0.05) is 12.7 Å². The van der Waals surface area contributed by atoms with Gasteiger partial charge in [0.05, 0.1) is 6.04 Å². The van der Waals surface area contributed by atoms with Crippen molar-refractivity contribution in [3.8, 4) is 0 Å². The Morgan fingerprint density at radius 2 is 1.80 bits per heavy atom. The van der Waals surface area contributed by atoms with Gasteiger partial charge in [0.2, 0.25) is 5.91 Å². The molecule has 0 saturated carbocycles. The molecule has 0 unspecified atom stereocenters. The molecule has 5 N–H and O–H groups in total. The van der Waals surface area contributed by atoms with E-state index in [9.17, 15) is 9.59 Å². The first-order chi connectivity index (χ1) is 6.81. The van der Waals surface area contributed by atoms with Crippen LogP contribution in [0.1, 0.15) is 6.92 Å². The third kappa shape index (κ3) is 15.5. The third-order valence-corrected chi connectivity index (χ3v) is 1.34. The Hall–Kier alpha value is -1.28. The molecule has 7 nitrogen and oxygen atoms in total. The van der Waals surface area contributed by atoms with Crippen molar-refractivity contribution in [1.29, 1.82) is 0 Å². The summed E-state index contributed by atoms with van der Waals surface area (Å²) in [6, 6.07) is -0.738. The SMILES string of the molecule is CC(=O)O.N[C@@H](CS)C(=O)NCC(=O)O. The minimum Gasteiger partial charge on any atom is -0.481 e. The Balaban J connectivity index is 0. The minimum atomic E-state index is -1.09. The first kappa shape index (κ1) is 16.2. The van der Waals surface area contributed by atoms with Gasteiger partial charge < -0.3 is 21.3 Å². The zero-order valence-corrected chi connectivity index (χ0v) is 9.03. The number of carbonyl (C=O) groups is 3. The van der Waals surface area contributed by atoms with Crippen molar-refractivity contribution in [2.24, 2.45) is 5.73 Å². The van der Waals surface area contributed by atoms with E-state index in [0.717, 1.165) is 6.92 Å². The predicted molar refractivity (Wildman–Crippen MR) is 55.8 cm³/mol. The number of carbonyl (C=O) groups excluding carboxylic acids is 1. The topological polar surface area (TPSA) is 130 Å². The summed E-state index contributed by atoms with van der Waals surface area (Å²) in [5.74, 6) is -2.22. The normalized spacial score (nSPS) is 10.6. The smallest absolute Gasteiger partial charge is 0.322 e. The Morgan fingerprint density at radius 1 is 1.40 bits per heavy atom. The molecule has 8 heteroatoms. The molecule has 0 rings (SSSR count). The number of thiol groups is 1. The third-order valence-electron chi connectivity index (χ3n) is 0.947. The number of aliphatic carboxylic acids is 2. The highest BCUT2D eigenvalue weighted by molar-refractivity contribution is 7.80. The van der Waals surface area contributed by atoms with Crippen LogP contribution in [0.4, 0.5) is 0 Å². The second-order valence-electron chi connectivity index (χ2n) is 2.42. The van der Waals surface area contributed by atoms with Gasteiger partial charge in [-0.1, -0.05) is 0 Å². The molecule has 0 aliphatic heterocycles.